The van der Waals surface area contributed by atoms with Crippen molar-refractivity contribution in [1.29, 1.82) is 0 Å². The third-order valence-electron chi connectivity index (χ3n) is 2.75. The van der Waals surface area contributed by atoms with Crippen molar-refractivity contribution in [3.05, 3.63) is 58.9 Å². The summed E-state index contributed by atoms with van der Waals surface area (Å²) in [5, 5.41) is 9.40. The predicted molar refractivity (Wildman–Crippen MR) is 64.6 cm³/mol. The van der Waals surface area contributed by atoms with Crippen LogP contribution in [-0.2, 0) is 6.42 Å². The first-order valence-corrected chi connectivity index (χ1v) is 5.37. The van der Waals surface area contributed by atoms with E-state index in [0.717, 1.165) is 12.1 Å². The van der Waals surface area contributed by atoms with Crippen LogP contribution in [-0.4, -0.2) is 10.1 Å². The van der Waals surface area contributed by atoms with Crippen molar-refractivity contribution in [2.75, 3.05) is 0 Å². The average molecular weight is 213 g/mol. The molecule has 82 valence electrons. The van der Waals surface area contributed by atoms with Gasteiger partial charge in [0.15, 0.2) is 0 Å². The smallest absolute Gasteiger partial charge is 0.136 e. The third kappa shape index (κ3) is 2.22. The van der Waals surface area contributed by atoms with Gasteiger partial charge in [-0.3, -0.25) is 4.98 Å². The van der Waals surface area contributed by atoms with Crippen LogP contribution in [0.3, 0.4) is 0 Å². The van der Waals surface area contributed by atoms with Crippen LogP contribution in [0.4, 0.5) is 0 Å². The fraction of sp³-hybridized carbons (Fsp3) is 0.214. The van der Waals surface area contributed by atoms with E-state index in [1.54, 1.807) is 6.07 Å². The first-order valence-electron chi connectivity index (χ1n) is 5.37. The monoisotopic (exact) mass is 213 g/mol. The Bertz CT molecular complexity index is 506. The number of rotatable bonds is 2. The van der Waals surface area contributed by atoms with E-state index in [0.29, 0.717) is 5.69 Å². The maximum absolute atomic E-state index is 9.40. The van der Waals surface area contributed by atoms with Gasteiger partial charge in [-0.25, -0.2) is 0 Å². The Morgan fingerprint density at radius 1 is 1.06 bits per heavy atom. The van der Waals surface area contributed by atoms with Crippen molar-refractivity contribution in [2.45, 2.75) is 20.3 Å². The Morgan fingerprint density at radius 3 is 2.50 bits per heavy atom. The Balaban J connectivity index is 2.28. The zero-order chi connectivity index (χ0) is 11.5. The number of aromatic nitrogens is 1. The summed E-state index contributed by atoms with van der Waals surface area (Å²) >= 11 is 0. The number of hydrogen-bond acceptors (Lipinski definition) is 2. The number of aryl methyl sites for hydroxylation is 2. The normalized spacial score (nSPS) is 10.4. The highest BCUT2D eigenvalue weighted by molar-refractivity contribution is 5.32. The van der Waals surface area contributed by atoms with Crippen LogP contribution >= 0.6 is 0 Å². The van der Waals surface area contributed by atoms with E-state index in [9.17, 15) is 5.11 Å². The van der Waals surface area contributed by atoms with Gasteiger partial charge in [-0.15, -0.1) is 0 Å². The second-order valence-electron chi connectivity index (χ2n) is 4.01. The van der Waals surface area contributed by atoms with Crippen LogP contribution in [0.1, 0.15) is 22.5 Å². The van der Waals surface area contributed by atoms with Gasteiger partial charge in [0.25, 0.3) is 0 Å². The predicted octanol–water partition coefficient (Wildman–Crippen LogP) is 2.99. The molecule has 2 rings (SSSR count). The summed E-state index contributed by atoms with van der Waals surface area (Å²) < 4.78 is 0. The zero-order valence-electron chi connectivity index (χ0n) is 9.57. The van der Waals surface area contributed by atoms with Crippen LogP contribution in [0, 0.1) is 13.8 Å². The van der Waals surface area contributed by atoms with Crippen LogP contribution in [0.15, 0.2) is 36.4 Å². The molecule has 0 radical (unpaired) electrons. The lowest BCUT2D eigenvalue weighted by atomic mass is 10.0. The van der Waals surface area contributed by atoms with E-state index < -0.39 is 0 Å². The van der Waals surface area contributed by atoms with Gasteiger partial charge in [-0.2, -0.15) is 0 Å². The molecule has 0 aliphatic rings. The van der Waals surface area contributed by atoms with Gasteiger partial charge in [0.05, 0.1) is 5.69 Å². The summed E-state index contributed by atoms with van der Waals surface area (Å²) in [7, 11) is 0. The largest absolute Gasteiger partial charge is 0.506 e. The highest BCUT2D eigenvalue weighted by atomic mass is 16.3. The van der Waals surface area contributed by atoms with Crippen molar-refractivity contribution in [1.82, 2.24) is 4.98 Å². The standard InChI is InChI=1S/C14H15NO/c1-10-5-3-4-6-12(10)9-13-7-8-14(16)11(2)15-13/h3-8,16H,9H2,1-2H3. The first-order chi connectivity index (χ1) is 7.66. The average Bonchev–Trinajstić information content (AvgIpc) is 2.27. The molecule has 0 aliphatic carbocycles. The lowest BCUT2D eigenvalue weighted by Gasteiger charge is -2.06. The lowest BCUT2D eigenvalue weighted by molar-refractivity contribution is 0.467. The molecule has 2 heteroatoms. The van der Waals surface area contributed by atoms with E-state index in [1.165, 1.54) is 11.1 Å². The molecule has 0 bridgehead atoms. The van der Waals surface area contributed by atoms with E-state index in [4.69, 9.17) is 0 Å². The third-order valence-corrected chi connectivity index (χ3v) is 2.75. The van der Waals surface area contributed by atoms with Crippen LogP contribution in [0.25, 0.3) is 0 Å². The highest BCUT2D eigenvalue weighted by Crippen LogP contribution is 2.17. The van der Waals surface area contributed by atoms with Gasteiger partial charge in [0.1, 0.15) is 5.75 Å². The summed E-state index contributed by atoms with van der Waals surface area (Å²) in [5.74, 6) is 0.258. The van der Waals surface area contributed by atoms with Crippen molar-refractivity contribution in [2.24, 2.45) is 0 Å². The van der Waals surface area contributed by atoms with Crippen LogP contribution < -0.4 is 0 Å². The quantitative estimate of drug-likeness (QED) is 0.831. The van der Waals surface area contributed by atoms with E-state index in [2.05, 4.69) is 24.0 Å². The molecule has 1 aromatic heterocycles. The number of pyridine rings is 1. The fourth-order valence-corrected chi connectivity index (χ4v) is 1.71. The summed E-state index contributed by atoms with van der Waals surface area (Å²) in [6, 6.07) is 11.9. The van der Waals surface area contributed by atoms with Gasteiger partial charge in [0.2, 0.25) is 0 Å². The van der Waals surface area contributed by atoms with Gasteiger partial charge in [0, 0.05) is 12.1 Å². The maximum Gasteiger partial charge on any atom is 0.136 e. The Kier molecular flexibility index (Phi) is 2.91. The van der Waals surface area contributed by atoms with Crippen LogP contribution in [0.5, 0.6) is 5.75 Å². The van der Waals surface area contributed by atoms with E-state index in [1.807, 2.05) is 25.1 Å². The van der Waals surface area contributed by atoms with Crippen molar-refractivity contribution in [3.63, 3.8) is 0 Å². The topological polar surface area (TPSA) is 33.1 Å². The maximum atomic E-state index is 9.40. The molecule has 16 heavy (non-hydrogen) atoms. The minimum absolute atomic E-state index is 0.258. The van der Waals surface area contributed by atoms with Gasteiger partial charge < -0.3 is 5.11 Å². The highest BCUT2D eigenvalue weighted by Gasteiger charge is 2.03. The molecule has 0 saturated heterocycles. The summed E-state index contributed by atoms with van der Waals surface area (Å²) in [6.07, 6.45) is 0.813. The molecule has 2 nitrogen and oxygen atoms in total. The van der Waals surface area contributed by atoms with Gasteiger partial charge >= 0.3 is 0 Å². The van der Waals surface area contributed by atoms with Crippen molar-refractivity contribution < 1.29 is 5.11 Å². The molecule has 0 fully saturated rings. The lowest BCUT2D eigenvalue weighted by Crippen LogP contribution is -1.96. The molecule has 0 aliphatic heterocycles. The summed E-state index contributed by atoms with van der Waals surface area (Å²) in [6.45, 7) is 3.92. The zero-order valence-corrected chi connectivity index (χ0v) is 9.57. The minimum Gasteiger partial charge on any atom is -0.506 e. The molecule has 2 aromatic rings. The van der Waals surface area contributed by atoms with Crippen LogP contribution in [0.2, 0.25) is 0 Å². The molecule has 0 amide bonds. The second kappa shape index (κ2) is 4.35. The molecule has 1 aromatic carbocycles. The Labute approximate surface area is 95.6 Å². The summed E-state index contributed by atoms with van der Waals surface area (Å²) in [4.78, 5) is 4.36. The molecule has 1 heterocycles. The minimum atomic E-state index is 0.258. The molecule has 0 saturated carbocycles. The van der Waals surface area contributed by atoms with E-state index in [-0.39, 0.29) is 5.75 Å². The van der Waals surface area contributed by atoms with Gasteiger partial charge in [-0.05, 0) is 37.1 Å². The Morgan fingerprint density at radius 2 is 1.81 bits per heavy atom. The van der Waals surface area contributed by atoms with Gasteiger partial charge in [-0.1, -0.05) is 24.3 Å². The molecular weight excluding hydrogens is 198 g/mol. The molecule has 0 spiro atoms. The molecule has 0 atom stereocenters. The SMILES string of the molecule is Cc1ccccc1Cc1ccc(O)c(C)n1. The number of aromatic hydroxyl groups is 1. The summed E-state index contributed by atoms with van der Waals surface area (Å²) in [5.41, 5.74) is 4.23. The number of hydrogen-bond donors (Lipinski definition) is 1. The number of nitrogens with zero attached hydrogens (tertiary/aromatic N) is 1. The van der Waals surface area contributed by atoms with Crippen molar-refractivity contribution >= 4 is 0 Å². The Hall–Kier alpha value is -1.83. The molecule has 1 N–H and O–H groups in total. The second-order valence-corrected chi connectivity index (χ2v) is 4.01. The van der Waals surface area contributed by atoms with E-state index >= 15 is 0 Å². The molecule has 0 unspecified atom stereocenters. The molecular formula is C14H15NO. The first kappa shape index (κ1) is 10.7. The van der Waals surface area contributed by atoms with Crippen molar-refractivity contribution in [3.8, 4) is 5.75 Å². The number of benzene rings is 1. The fourth-order valence-electron chi connectivity index (χ4n) is 1.71.